The second-order valence-corrected chi connectivity index (χ2v) is 8.19. The number of aliphatic imine (C=N–C) groups is 1. The molecular formula is C21H26FN7OS. The number of nitrogens with one attached hydrogen (secondary N) is 1. The van der Waals surface area contributed by atoms with Crippen LogP contribution in [-0.4, -0.2) is 41.0 Å². The maximum absolute atomic E-state index is 13.7. The largest absolute Gasteiger partial charge is 0.402 e. The van der Waals surface area contributed by atoms with E-state index >= 15 is 0 Å². The van der Waals surface area contributed by atoms with Crippen LogP contribution in [0.1, 0.15) is 26.7 Å². The minimum Gasteiger partial charge on any atom is -0.402 e. The average molecular weight is 444 g/mol. The van der Waals surface area contributed by atoms with Crippen LogP contribution in [0.25, 0.3) is 0 Å². The second kappa shape index (κ2) is 10.3. The van der Waals surface area contributed by atoms with E-state index < -0.39 is 6.17 Å². The molecule has 0 bridgehead atoms. The SMILES string of the molecule is CCC(=O)Nc1ccc(Sc2nc(/N=C(N)/C=C(/C)N)cc(N3CCC(F)C3)n2)cc1. The summed E-state index contributed by atoms with van der Waals surface area (Å²) in [5.41, 5.74) is 12.8. The van der Waals surface area contributed by atoms with Crippen LogP contribution in [0.3, 0.4) is 0 Å². The summed E-state index contributed by atoms with van der Waals surface area (Å²) < 4.78 is 13.7. The third-order valence-electron chi connectivity index (χ3n) is 4.42. The van der Waals surface area contributed by atoms with Gasteiger partial charge in [-0.1, -0.05) is 6.92 Å². The maximum Gasteiger partial charge on any atom is 0.224 e. The van der Waals surface area contributed by atoms with Gasteiger partial charge in [-0.05, 0) is 55.4 Å². The number of alkyl halides is 1. The van der Waals surface area contributed by atoms with Crippen molar-refractivity contribution in [1.82, 2.24) is 9.97 Å². The summed E-state index contributed by atoms with van der Waals surface area (Å²) in [6.45, 7) is 4.38. The summed E-state index contributed by atoms with van der Waals surface area (Å²) >= 11 is 1.34. The van der Waals surface area contributed by atoms with Crippen molar-refractivity contribution < 1.29 is 9.18 Å². The van der Waals surface area contributed by atoms with Crippen molar-refractivity contribution in [3.63, 3.8) is 0 Å². The standard InChI is InChI=1S/C21H26FN7OS/c1-3-20(30)25-15-4-6-16(7-5-15)31-21-27-18(26-17(24)10-13(2)23)11-19(28-21)29-9-8-14(22)12-29/h4-7,10-11,14H,3,8-9,12,23H2,1-2H3,(H,25,30)(H2,24,26,27,28)/b13-10-. The van der Waals surface area contributed by atoms with E-state index in [9.17, 15) is 9.18 Å². The average Bonchev–Trinajstić information content (AvgIpc) is 3.15. The lowest BCUT2D eigenvalue weighted by atomic mass is 10.3. The minimum atomic E-state index is -0.878. The van der Waals surface area contributed by atoms with Crippen molar-refractivity contribution in [3.05, 3.63) is 42.1 Å². The van der Waals surface area contributed by atoms with E-state index in [1.807, 2.05) is 29.2 Å². The molecule has 1 fully saturated rings. The number of amidine groups is 1. The molecule has 0 saturated carbocycles. The lowest BCUT2D eigenvalue weighted by Crippen LogP contribution is -2.21. The fraction of sp³-hybridized carbons (Fsp3) is 0.333. The summed E-state index contributed by atoms with van der Waals surface area (Å²) in [6.07, 6.45) is 1.55. The smallest absolute Gasteiger partial charge is 0.224 e. The molecule has 0 radical (unpaired) electrons. The molecule has 1 atom stereocenters. The van der Waals surface area contributed by atoms with E-state index in [1.165, 1.54) is 11.8 Å². The van der Waals surface area contributed by atoms with Gasteiger partial charge in [0.1, 0.15) is 17.8 Å². The lowest BCUT2D eigenvalue weighted by Gasteiger charge is -2.17. The van der Waals surface area contributed by atoms with Gasteiger partial charge in [0.25, 0.3) is 0 Å². The minimum absolute atomic E-state index is 0.0462. The zero-order valence-electron chi connectivity index (χ0n) is 17.5. The van der Waals surface area contributed by atoms with Crippen LogP contribution < -0.4 is 21.7 Å². The lowest BCUT2D eigenvalue weighted by molar-refractivity contribution is -0.115. The maximum atomic E-state index is 13.7. The fourth-order valence-electron chi connectivity index (χ4n) is 2.95. The molecule has 1 aliphatic rings. The molecule has 31 heavy (non-hydrogen) atoms. The number of allylic oxidation sites excluding steroid dienone is 1. The third kappa shape index (κ3) is 6.68. The van der Waals surface area contributed by atoms with E-state index in [0.29, 0.717) is 41.9 Å². The van der Waals surface area contributed by atoms with Crippen LogP contribution in [0.15, 0.2) is 57.1 Å². The van der Waals surface area contributed by atoms with Gasteiger partial charge < -0.3 is 21.7 Å². The molecule has 1 aromatic carbocycles. The van der Waals surface area contributed by atoms with Crippen molar-refractivity contribution in [2.75, 3.05) is 23.3 Å². The highest BCUT2D eigenvalue weighted by molar-refractivity contribution is 7.99. The number of benzene rings is 1. The number of carbonyl (C=O) groups excluding carboxylic acids is 1. The number of hydrogen-bond donors (Lipinski definition) is 3. The van der Waals surface area contributed by atoms with Crippen molar-refractivity contribution in [1.29, 1.82) is 0 Å². The zero-order valence-corrected chi connectivity index (χ0v) is 18.3. The van der Waals surface area contributed by atoms with Gasteiger partial charge in [0.2, 0.25) is 5.91 Å². The molecule has 0 spiro atoms. The van der Waals surface area contributed by atoms with Crippen LogP contribution in [0.5, 0.6) is 0 Å². The fourth-order valence-corrected chi connectivity index (χ4v) is 3.71. The molecule has 164 valence electrons. The third-order valence-corrected chi connectivity index (χ3v) is 5.29. The van der Waals surface area contributed by atoms with Gasteiger partial charge in [-0.25, -0.2) is 19.4 Å². The summed E-state index contributed by atoms with van der Waals surface area (Å²) in [6, 6.07) is 9.08. The van der Waals surface area contributed by atoms with Crippen molar-refractivity contribution in [3.8, 4) is 0 Å². The topological polar surface area (TPSA) is 123 Å². The highest BCUT2D eigenvalue weighted by Gasteiger charge is 2.24. The quantitative estimate of drug-likeness (QED) is 0.341. The number of carbonyl (C=O) groups is 1. The number of hydrogen-bond acceptors (Lipinski definition) is 7. The van der Waals surface area contributed by atoms with Crippen molar-refractivity contribution in [2.24, 2.45) is 16.5 Å². The first-order chi connectivity index (χ1) is 14.8. The molecular weight excluding hydrogens is 417 g/mol. The van der Waals surface area contributed by atoms with Crippen LogP contribution in [0.2, 0.25) is 0 Å². The normalized spacial score (nSPS) is 17.1. The molecule has 8 nitrogen and oxygen atoms in total. The summed E-state index contributed by atoms with van der Waals surface area (Å²) in [5, 5.41) is 3.27. The Labute approximate surface area is 185 Å². The van der Waals surface area contributed by atoms with Crippen molar-refractivity contribution in [2.45, 2.75) is 42.9 Å². The Morgan fingerprint density at radius 3 is 2.71 bits per heavy atom. The number of nitrogens with two attached hydrogens (primary N) is 2. The van der Waals surface area contributed by atoms with Gasteiger partial charge in [0, 0.05) is 35.3 Å². The second-order valence-electron chi connectivity index (χ2n) is 7.15. The number of amides is 1. The van der Waals surface area contributed by atoms with E-state index in [4.69, 9.17) is 11.5 Å². The van der Waals surface area contributed by atoms with Gasteiger partial charge in [-0.3, -0.25) is 4.79 Å². The Morgan fingerprint density at radius 2 is 2.10 bits per heavy atom. The molecule has 2 heterocycles. The van der Waals surface area contributed by atoms with Gasteiger partial charge in [-0.2, -0.15) is 0 Å². The molecule has 1 saturated heterocycles. The molecule has 5 N–H and O–H groups in total. The van der Waals surface area contributed by atoms with Crippen LogP contribution in [0.4, 0.5) is 21.7 Å². The van der Waals surface area contributed by atoms with Gasteiger partial charge in [0.05, 0.1) is 6.54 Å². The Bertz CT molecular complexity index is 990. The molecule has 3 rings (SSSR count). The first-order valence-corrected chi connectivity index (χ1v) is 10.8. The molecule has 2 aromatic rings. The van der Waals surface area contributed by atoms with Crippen molar-refractivity contribution >= 4 is 40.8 Å². The Hall–Kier alpha value is -3.14. The molecule has 10 heteroatoms. The van der Waals surface area contributed by atoms with Gasteiger partial charge in [0.15, 0.2) is 11.0 Å². The predicted molar refractivity (Wildman–Crippen MR) is 122 cm³/mol. The number of halogens is 1. The van der Waals surface area contributed by atoms with Gasteiger partial charge >= 0.3 is 0 Å². The summed E-state index contributed by atoms with van der Waals surface area (Å²) in [7, 11) is 0. The van der Waals surface area contributed by atoms with Crippen LogP contribution in [-0.2, 0) is 4.79 Å². The Kier molecular flexibility index (Phi) is 7.45. The number of rotatable bonds is 7. The Balaban J connectivity index is 1.86. The van der Waals surface area contributed by atoms with E-state index in [2.05, 4.69) is 20.3 Å². The monoisotopic (exact) mass is 443 g/mol. The molecule has 1 aromatic heterocycles. The molecule has 1 aliphatic heterocycles. The first kappa shape index (κ1) is 22.5. The molecule has 0 aliphatic carbocycles. The van der Waals surface area contributed by atoms with E-state index in [1.54, 1.807) is 26.0 Å². The molecule has 1 amide bonds. The van der Waals surface area contributed by atoms with E-state index in [0.717, 1.165) is 10.6 Å². The number of anilines is 2. The van der Waals surface area contributed by atoms with E-state index in [-0.39, 0.29) is 18.3 Å². The summed E-state index contributed by atoms with van der Waals surface area (Å²) in [5.74, 6) is 1.15. The number of aromatic nitrogens is 2. The summed E-state index contributed by atoms with van der Waals surface area (Å²) in [4.78, 5) is 27.7. The first-order valence-electron chi connectivity index (χ1n) is 9.96. The van der Waals surface area contributed by atoms with Crippen LogP contribution >= 0.6 is 11.8 Å². The number of nitrogens with zero attached hydrogens (tertiary/aromatic N) is 4. The highest BCUT2D eigenvalue weighted by atomic mass is 32.2. The predicted octanol–water partition coefficient (Wildman–Crippen LogP) is 3.38. The zero-order chi connectivity index (χ0) is 22.4. The highest BCUT2D eigenvalue weighted by Crippen LogP contribution is 2.31. The van der Waals surface area contributed by atoms with Gasteiger partial charge in [-0.15, -0.1) is 0 Å². The molecule has 1 unspecified atom stereocenters. The Morgan fingerprint density at radius 1 is 1.35 bits per heavy atom. The van der Waals surface area contributed by atoms with Crippen LogP contribution in [0, 0.1) is 0 Å².